The summed E-state index contributed by atoms with van der Waals surface area (Å²) in [5.41, 5.74) is 6.49. The van der Waals surface area contributed by atoms with E-state index in [-0.39, 0.29) is 6.04 Å². The molecule has 2 aliphatic rings. The van der Waals surface area contributed by atoms with E-state index in [1.54, 1.807) is 0 Å². The zero-order valence-electron chi connectivity index (χ0n) is 18.9. The summed E-state index contributed by atoms with van der Waals surface area (Å²) in [5, 5.41) is 4.69. The zero-order chi connectivity index (χ0) is 23.0. The van der Waals surface area contributed by atoms with Crippen LogP contribution in [0.5, 0.6) is 0 Å². The van der Waals surface area contributed by atoms with E-state index in [0.29, 0.717) is 29.1 Å². The second kappa shape index (κ2) is 9.02. The van der Waals surface area contributed by atoms with E-state index in [0.717, 1.165) is 57.3 Å². The second-order valence-electron chi connectivity index (χ2n) is 9.35. The summed E-state index contributed by atoms with van der Waals surface area (Å²) < 4.78 is 47.5. The van der Waals surface area contributed by atoms with Crippen molar-refractivity contribution < 1.29 is 17.9 Å². The molecule has 0 unspecified atom stereocenters. The van der Waals surface area contributed by atoms with Crippen molar-refractivity contribution in [1.82, 2.24) is 19.7 Å². The molecule has 0 radical (unpaired) electrons. The Hall–Kier alpha value is -2.13. The Labute approximate surface area is 186 Å². The number of nitrogens with two attached hydrogens (primary N) is 1. The summed E-state index contributed by atoms with van der Waals surface area (Å²) in [6.45, 7) is 9.95. The van der Waals surface area contributed by atoms with Crippen LogP contribution in [0.3, 0.4) is 0 Å². The summed E-state index contributed by atoms with van der Waals surface area (Å²) >= 11 is 0. The van der Waals surface area contributed by atoms with Crippen LogP contribution in [0.2, 0.25) is 0 Å². The predicted molar refractivity (Wildman–Crippen MR) is 117 cm³/mol. The molecule has 0 aromatic carbocycles. The third-order valence-corrected chi connectivity index (χ3v) is 6.86. The van der Waals surface area contributed by atoms with Gasteiger partial charge in [0.05, 0.1) is 24.5 Å². The number of alkyl halides is 3. The zero-order valence-corrected chi connectivity index (χ0v) is 18.9. The normalized spacial score (nSPS) is 25.4. The van der Waals surface area contributed by atoms with E-state index in [2.05, 4.69) is 16.8 Å². The van der Waals surface area contributed by atoms with Gasteiger partial charge in [-0.15, -0.1) is 0 Å². The first kappa shape index (κ1) is 23.0. The maximum Gasteiger partial charge on any atom is 0.419 e. The molecule has 32 heavy (non-hydrogen) atoms. The van der Waals surface area contributed by atoms with E-state index in [1.165, 1.54) is 6.20 Å². The molecule has 1 saturated carbocycles. The first-order valence-electron chi connectivity index (χ1n) is 11.4. The minimum absolute atomic E-state index is 0.103. The number of halogens is 3. The fourth-order valence-electron chi connectivity index (χ4n) is 5.16. The molecule has 4 rings (SSSR count). The van der Waals surface area contributed by atoms with Gasteiger partial charge in [-0.25, -0.2) is 4.98 Å². The summed E-state index contributed by atoms with van der Waals surface area (Å²) in [5.74, 6) is 0.258. The van der Waals surface area contributed by atoms with Gasteiger partial charge in [-0.3, -0.25) is 9.58 Å². The lowest BCUT2D eigenvalue weighted by Gasteiger charge is -2.41. The van der Waals surface area contributed by atoms with Gasteiger partial charge < -0.3 is 10.5 Å². The van der Waals surface area contributed by atoms with E-state index >= 15 is 0 Å². The highest BCUT2D eigenvalue weighted by molar-refractivity contribution is 5.62. The number of aromatic nitrogens is 3. The van der Waals surface area contributed by atoms with Gasteiger partial charge in [0.15, 0.2) is 0 Å². The van der Waals surface area contributed by atoms with Gasteiger partial charge >= 0.3 is 6.18 Å². The molecule has 2 aromatic rings. The van der Waals surface area contributed by atoms with Gasteiger partial charge in [-0.2, -0.15) is 18.3 Å². The standard InChI is InChI=1S/C23H32F3N5O/c1-14(2)31-21(18-5-4-17(10-15(18)3)30-6-8-32-9-7-30)12-20(29-31)16-11-19(23(24,25)26)22(27)28-13-16/h11-15,17-18H,4-10H2,1-3H3,(H2,27,28)/t15-,17+,18+/m0/s1. The van der Waals surface area contributed by atoms with Crippen molar-refractivity contribution in [1.29, 1.82) is 0 Å². The summed E-state index contributed by atoms with van der Waals surface area (Å²) in [6, 6.07) is 3.67. The number of rotatable bonds is 4. The molecule has 176 valence electrons. The topological polar surface area (TPSA) is 69.2 Å². The molecule has 1 aliphatic heterocycles. The maximum absolute atomic E-state index is 13.3. The molecule has 3 heterocycles. The van der Waals surface area contributed by atoms with Gasteiger partial charge in [0.25, 0.3) is 0 Å². The number of morpholine rings is 1. The largest absolute Gasteiger partial charge is 0.419 e. The van der Waals surface area contributed by atoms with Crippen LogP contribution in [0.4, 0.5) is 19.0 Å². The molecule has 2 fully saturated rings. The number of nitrogen functional groups attached to an aromatic ring is 1. The Morgan fingerprint density at radius 1 is 1.16 bits per heavy atom. The number of hydrogen-bond acceptors (Lipinski definition) is 5. The highest BCUT2D eigenvalue weighted by Crippen LogP contribution is 2.42. The fraction of sp³-hybridized carbons (Fsp3) is 0.652. The van der Waals surface area contributed by atoms with Gasteiger partial charge in [-0.05, 0) is 51.2 Å². The summed E-state index contributed by atoms with van der Waals surface area (Å²) in [4.78, 5) is 6.33. The van der Waals surface area contributed by atoms with Crippen LogP contribution >= 0.6 is 0 Å². The smallest absolute Gasteiger partial charge is 0.383 e. The SMILES string of the molecule is CC(C)n1nc(-c2cnc(N)c(C(F)(F)F)c2)cc1[C@@H]1CC[C@@H](N2CCOCC2)C[C@@H]1C. The molecule has 0 spiro atoms. The second-order valence-corrected chi connectivity index (χ2v) is 9.35. The van der Waals surface area contributed by atoms with E-state index in [9.17, 15) is 13.2 Å². The van der Waals surface area contributed by atoms with Crippen molar-refractivity contribution in [3.05, 3.63) is 29.6 Å². The Bertz CT molecular complexity index is 936. The Morgan fingerprint density at radius 3 is 2.50 bits per heavy atom. The third kappa shape index (κ3) is 4.64. The number of hydrogen-bond donors (Lipinski definition) is 1. The van der Waals surface area contributed by atoms with Crippen molar-refractivity contribution in [3.8, 4) is 11.3 Å². The van der Waals surface area contributed by atoms with Gasteiger partial charge in [0.2, 0.25) is 0 Å². The van der Waals surface area contributed by atoms with Gasteiger partial charge in [-0.1, -0.05) is 6.92 Å². The molecular weight excluding hydrogens is 419 g/mol. The lowest BCUT2D eigenvalue weighted by atomic mass is 9.75. The van der Waals surface area contributed by atoms with Crippen molar-refractivity contribution in [2.24, 2.45) is 5.92 Å². The van der Waals surface area contributed by atoms with E-state index in [1.807, 2.05) is 24.6 Å². The molecule has 2 N–H and O–H groups in total. The van der Waals surface area contributed by atoms with E-state index in [4.69, 9.17) is 15.6 Å². The first-order chi connectivity index (χ1) is 15.1. The number of ether oxygens (including phenoxy) is 1. The monoisotopic (exact) mass is 451 g/mol. The summed E-state index contributed by atoms with van der Waals surface area (Å²) in [6.07, 6.45) is 0.0675. The lowest BCUT2D eigenvalue weighted by Crippen LogP contribution is -2.46. The minimum Gasteiger partial charge on any atom is -0.383 e. The van der Waals surface area contributed by atoms with Crippen LogP contribution in [0.15, 0.2) is 18.3 Å². The van der Waals surface area contributed by atoms with Crippen LogP contribution in [0.25, 0.3) is 11.3 Å². The van der Waals surface area contributed by atoms with Gasteiger partial charge in [0.1, 0.15) is 5.82 Å². The van der Waals surface area contributed by atoms with Gasteiger partial charge in [0, 0.05) is 48.5 Å². The molecule has 0 bridgehead atoms. The molecule has 6 nitrogen and oxygen atoms in total. The highest BCUT2D eigenvalue weighted by atomic mass is 19.4. The highest BCUT2D eigenvalue weighted by Gasteiger charge is 2.36. The average Bonchev–Trinajstić information content (AvgIpc) is 3.19. The lowest BCUT2D eigenvalue weighted by molar-refractivity contribution is -0.137. The molecule has 1 aliphatic carbocycles. The number of nitrogens with zero attached hydrogens (tertiary/aromatic N) is 4. The predicted octanol–water partition coefficient (Wildman–Crippen LogP) is 4.73. The van der Waals surface area contributed by atoms with Crippen molar-refractivity contribution in [3.63, 3.8) is 0 Å². The molecular formula is C23H32F3N5O. The molecule has 1 saturated heterocycles. The van der Waals surface area contributed by atoms with Crippen molar-refractivity contribution in [2.75, 3.05) is 32.0 Å². The van der Waals surface area contributed by atoms with Crippen LogP contribution in [0.1, 0.15) is 63.3 Å². The Balaban J connectivity index is 1.61. The Morgan fingerprint density at radius 2 is 1.88 bits per heavy atom. The van der Waals surface area contributed by atoms with Crippen molar-refractivity contribution >= 4 is 5.82 Å². The third-order valence-electron chi connectivity index (χ3n) is 6.86. The maximum atomic E-state index is 13.3. The molecule has 3 atom stereocenters. The van der Waals surface area contributed by atoms with E-state index < -0.39 is 17.6 Å². The molecule has 2 aromatic heterocycles. The molecule has 0 amide bonds. The Kier molecular flexibility index (Phi) is 6.49. The average molecular weight is 452 g/mol. The van der Waals surface area contributed by atoms with Crippen LogP contribution in [0, 0.1) is 5.92 Å². The van der Waals surface area contributed by atoms with Crippen molar-refractivity contribution in [2.45, 2.75) is 64.2 Å². The minimum atomic E-state index is -4.55. The van der Waals surface area contributed by atoms with Crippen LogP contribution in [-0.4, -0.2) is 52.0 Å². The summed E-state index contributed by atoms with van der Waals surface area (Å²) in [7, 11) is 0. The quantitative estimate of drug-likeness (QED) is 0.728. The first-order valence-corrected chi connectivity index (χ1v) is 11.4. The number of anilines is 1. The molecule has 9 heteroatoms. The van der Waals surface area contributed by atoms with Crippen LogP contribution in [-0.2, 0) is 10.9 Å². The van der Waals surface area contributed by atoms with Crippen LogP contribution < -0.4 is 5.73 Å². The fourth-order valence-corrected chi connectivity index (χ4v) is 5.16. The number of pyridine rings is 1.